The number of unbranched alkanes of at least 4 members (excludes halogenated alkanes) is 2. The summed E-state index contributed by atoms with van der Waals surface area (Å²) >= 11 is 6.27. The molecule has 0 spiro atoms. The summed E-state index contributed by atoms with van der Waals surface area (Å²) in [7, 11) is 3.38. The molecule has 0 amide bonds. The Hall–Kier alpha value is -2.85. The number of carbonyl (C=O) groups is 2. The first-order valence-electron chi connectivity index (χ1n) is 11.5. The molecule has 0 aliphatic carbocycles. The molecule has 0 fully saturated rings. The van der Waals surface area contributed by atoms with Gasteiger partial charge in [-0.05, 0) is 55.4 Å². The van der Waals surface area contributed by atoms with E-state index >= 15 is 0 Å². The Balaban J connectivity index is 1.73. The van der Waals surface area contributed by atoms with Gasteiger partial charge in [-0.2, -0.15) is 0 Å². The number of esters is 1. The third-order valence-electron chi connectivity index (χ3n) is 5.98. The van der Waals surface area contributed by atoms with Crippen LogP contribution in [0.2, 0.25) is 5.02 Å². The summed E-state index contributed by atoms with van der Waals surface area (Å²) < 4.78 is 6.87. The zero-order valence-electron chi connectivity index (χ0n) is 19.6. The maximum Gasteiger partial charge on any atom is 0.305 e. The van der Waals surface area contributed by atoms with Crippen LogP contribution in [0.25, 0.3) is 17.0 Å². The Morgan fingerprint density at radius 3 is 2.58 bits per heavy atom. The molecule has 1 unspecified atom stereocenters. The highest BCUT2D eigenvalue weighted by molar-refractivity contribution is 6.31. The van der Waals surface area contributed by atoms with Crippen LogP contribution in [0, 0.1) is 5.92 Å². The van der Waals surface area contributed by atoms with E-state index in [0.717, 1.165) is 47.8 Å². The van der Waals surface area contributed by atoms with Crippen molar-refractivity contribution in [3.05, 3.63) is 76.5 Å². The molecule has 4 nitrogen and oxygen atoms in total. The van der Waals surface area contributed by atoms with Gasteiger partial charge in [-0.1, -0.05) is 61.0 Å². The Kier molecular flexibility index (Phi) is 8.90. The van der Waals surface area contributed by atoms with E-state index in [2.05, 4.69) is 28.9 Å². The molecule has 1 heterocycles. The van der Waals surface area contributed by atoms with Crippen LogP contribution in [0.3, 0.4) is 0 Å². The zero-order chi connectivity index (χ0) is 23.8. The topological polar surface area (TPSA) is 48.3 Å². The summed E-state index contributed by atoms with van der Waals surface area (Å²) in [6, 6.07) is 16.0. The third-order valence-corrected chi connectivity index (χ3v) is 6.22. The number of fused-ring (bicyclic) bond motifs is 1. The maximum atomic E-state index is 13.4. The molecular formula is C28H32ClNO3. The first kappa shape index (κ1) is 24.8. The summed E-state index contributed by atoms with van der Waals surface area (Å²) in [5.74, 6) is -0.325. The predicted molar refractivity (Wildman–Crippen MR) is 136 cm³/mol. The highest BCUT2D eigenvalue weighted by Gasteiger charge is 2.23. The zero-order valence-corrected chi connectivity index (χ0v) is 20.4. The Morgan fingerprint density at radius 2 is 1.85 bits per heavy atom. The molecule has 1 aromatic heterocycles. The lowest BCUT2D eigenvalue weighted by Gasteiger charge is -2.11. The number of Topliss-reactive ketones (excluding diaryl/α,β-unsaturated/α-hetero) is 1. The van der Waals surface area contributed by atoms with E-state index in [1.165, 1.54) is 12.7 Å². The van der Waals surface area contributed by atoms with Gasteiger partial charge in [0.2, 0.25) is 0 Å². The normalized spacial score (nSPS) is 12.4. The van der Waals surface area contributed by atoms with E-state index in [9.17, 15) is 9.59 Å². The second kappa shape index (κ2) is 11.9. The number of allylic oxidation sites excluding steroid dienone is 1. The highest BCUT2D eigenvalue weighted by Crippen LogP contribution is 2.31. The fraction of sp³-hybridized carbons (Fsp3) is 0.357. The molecule has 174 valence electrons. The fourth-order valence-electron chi connectivity index (χ4n) is 4.27. The molecule has 0 radical (unpaired) electrons. The largest absolute Gasteiger partial charge is 0.469 e. The second-order valence-electron chi connectivity index (χ2n) is 8.61. The lowest BCUT2D eigenvalue weighted by Crippen LogP contribution is -2.13. The smallest absolute Gasteiger partial charge is 0.305 e. The van der Waals surface area contributed by atoms with Gasteiger partial charge >= 0.3 is 5.97 Å². The highest BCUT2D eigenvalue weighted by atomic mass is 35.5. The van der Waals surface area contributed by atoms with Gasteiger partial charge in [0.05, 0.1) is 7.11 Å². The molecule has 1 atom stereocenters. The van der Waals surface area contributed by atoms with E-state index in [1.807, 2.05) is 50.4 Å². The van der Waals surface area contributed by atoms with Gasteiger partial charge in [-0.3, -0.25) is 9.59 Å². The molecule has 0 aliphatic heterocycles. The molecule has 5 heteroatoms. The molecule has 2 aromatic carbocycles. The van der Waals surface area contributed by atoms with Gasteiger partial charge in [0.1, 0.15) is 0 Å². The number of benzene rings is 2. The fourth-order valence-corrected chi connectivity index (χ4v) is 4.44. The average molecular weight is 466 g/mol. The average Bonchev–Trinajstić information content (AvgIpc) is 3.07. The van der Waals surface area contributed by atoms with E-state index in [-0.39, 0.29) is 24.1 Å². The maximum absolute atomic E-state index is 13.4. The van der Waals surface area contributed by atoms with Crippen molar-refractivity contribution in [1.29, 1.82) is 0 Å². The van der Waals surface area contributed by atoms with Crippen molar-refractivity contribution in [2.45, 2.75) is 45.4 Å². The molecule has 0 saturated heterocycles. The number of hydrogen-bond acceptors (Lipinski definition) is 3. The second-order valence-corrected chi connectivity index (χ2v) is 9.05. The molecule has 3 rings (SSSR count). The molecule has 0 aliphatic rings. The summed E-state index contributed by atoms with van der Waals surface area (Å²) in [5, 5.41) is 1.50. The summed E-state index contributed by atoms with van der Waals surface area (Å²) in [5.41, 5.74) is 3.99. The van der Waals surface area contributed by atoms with Crippen LogP contribution in [-0.4, -0.2) is 23.4 Å². The summed E-state index contributed by atoms with van der Waals surface area (Å²) in [4.78, 5) is 25.0. The van der Waals surface area contributed by atoms with Crippen molar-refractivity contribution >= 4 is 40.3 Å². The molecule has 0 N–H and O–H groups in total. The number of ether oxygens (including phenoxy) is 1. The van der Waals surface area contributed by atoms with Crippen molar-refractivity contribution in [1.82, 2.24) is 4.57 Å². The van der Waals surface area contributed by atoms with Gasteiger partial charge < -0.3 is 9.30 Å². The Bertz CT molecular complexity index is 1130. The van der Waals surface area contributed by atoms with E-state index < -0.39 is 0 Å². The predicted octanol–water partition coefficient (Wildman–Crippen LogP) is 7.03. The minimum atomic E-state index is -0.292. The van der Waals surface area contributed by atoms with Crippen LogP contribution in [0.1, 0.15) is 60.6 Å². The number of halogens is 1. The van der Waals surface area contributed by atoms with Gasteiger partial charge in [0.25, 0.3) is 0 Å². The number of methoxy groups -OCH3 is 1. The number of aryl methyl sites for hydroxylation is 1. The van der Waals surface area contributed by atoms with Gasteiger partial charge in [-0.25, -0.2) is 0 Å². The van der Waals surface area contributed by atoms with Gasteiger partial charge in [0.15, 0.2) is 5.78 Å². The first-order valence-corrected chi connectivity index (χ1v) is 11.9. The molecule has 3 aromatic rings. The van der Waals surface area contributed by atoms with Crippen molar-refractivity contribution in [3.63, 3.8) is 0 Å². The molecule has 0 bridgehead atoms. The Morgan fingerprint density at radius 1 is 1.09 bits per heavy atom. The number of nitrogens with zero attached hydrogens (tertiary/aromatic N) is 1. The molecular weight excluding hydrogens is 434 g/mol. The minimum Gasteiger partial charge on any atom is -0.469 e. The third kappa shape index (κ3) is 6.58. The van der Waals surface area contributed by atoms with Crippen molar-refractivity contribution in [3.8, 4) is 0 Å². The Labute approximate surface area is 201 Å². The lowest BCUT2D eigenvalue weighted by molar-refractivity contribution is -0.141. The quantitative estimate of drug-likeness (QED) is 0.173. The van der Waals surface area contributed by atoms with Crippen LogP contribution in [0.4, 0.5) is 0 Å². The molecule has 0 saturated carbocycles. The standard InChI is InChI=1S/C28H32ClNO3/c1-20(18-27(32)33-3)17-26(31)28-23-19-22(29)15-16-24(23)30(2)25(28)14-10-5-4-7-11-21-12-8-6-9-13-21/h6-9,11-13,15-16,19-20H,4-5,10,14,17-18H2,1-3H3. The SMILES string of the molecule is COC(=O)CC(C)CC(=O)c1c(CCCCC=Cc2ccccc2)n(C)c2ccc(Cl)cc12. The number of aromatic nitrogens is 1. The van der Waals surface area contributed by atoms with Crippen LogP contribution in [0.15, 0.2) is 54.6 Å². The first-order chi connectivity index (χ1) is 15.9. The number of rotatable bonds is 11. The minimum absolute atomic E-state index is 0.0539. The van der Waals surface area contributed by atoms with Crippen LogP contribution in [-0.2, 0) is 23.0 Å². The number of carbonyl (C=O) groups excluding carboxylic acids is 2. The monoisotopic (exact) mass is 465 g/mol. The van der Waals surface area contributed by atoms with Gasteiger partial charge in [-0.15, -0.1) is 0 Å². The number of ketones is 1. The van der Waals surface area contributed by atoms with E-state index in [1.54, 1.807) is 0 Å². The van der Waals surface area contributed by atoms with Crippen molar-refractivity contribution < 1.29 is 14.3 Å². The van der Waals surface area contributed by atoms with Crippen molar-refractivity contribution in [2.24, 2.45) is 13.0 Å². The van der Waals surface area contributed by atoms with Crippen LogP contribution < -0.4 is 0 Å². The van der Waals surface area contributed by atoms with Gasteiger partial charge in [0, 0.05) is 47.1 Å². The molecule has 33 heavy (non-hydrogen) atoms. The number of hydrogen-bond donors (Lipinski definition) is 0. The van der Waals surface area contributed by atoms with E-state index in [0.29, 0.717) is 11.4 Å². The summed E-state index contributed by atoms with van der Waals surface area (Å²) in [6.07, 6.45) is 8.71. The lowest BCUT2D eigenvalue weighted by atomic mass is 9.94. The van der Waals surface area contributed by atoms with Crippen LogP contribution >= 0.6 is 11.6 Å². The van der Waals surface area contributed by atoms with Crippen LogP contribution in [0.5, 0.6) is 0 Å². The van der Waals surface area contributed by atoms with E-state index in [4.69, 9.17) is 16.3 Å². The summed E-state index contributed by atoms with van der Waals surface area (Å²) in [6.45, 7) is 1.91. The van der Waals surface area contributed by atoms with Crippen molar-refractivity contribution in [2.75, 3.05) is 7.11 Å².